The molecule has 1 aromatic carbocycles. The maximum absolute atomic E-state index is 12.0. The highest BCUT2D eigenvalue weighted by Gasteiger charge is 2.28. The van der Waals surface area contributed by atoms with E-state index in [2.05, 4.69) is 10.3 Å². The molecule has 1 atom stereocenters. The number of anilines is 1. The van der Waals surface area contributed by atoms with Crippen molar-refractivity contribution in [3.05, 3.63) is 29.6 Å². The van der Waals surface area contributed by atoms with Gasteiger partial charge in [-0.25, -0.2) is 13.4 Å². The second kappa shape index (κ2) is 7.76. The molecule has 134 valence electrons. The molecule has 1 aromatic heterocycles. The number of carbonyl (C=O) groups is 1. The Hall–Kier alpha value is -1.58. The molecular formula is C16H18N2O4S3. The van der Waals surface area contributed by atoms with Crippen LogP contribution in [-0.4, -0.2) is 48.9 Å². The fourth-order valence-corrected chi connectivity index (χ4v) is 6.65. The van der Waals surface area contributed by atoms with Gasteiger partial charge >= 0.3 is 0 Å². The summed E-state index contributed by atoms with van der Waals surface area (Å²) in [6, 6.07) is 7.55. The molecule has 1 fully saturated rings. The number of hydrogen-bond donors (Lipinski definition) is 1. The number of thioether (sulfide) groups is 1. The van der Waals surface area contributed by atoms with Crippen molar-refractivity contribution < 1.29 is 17.9 Å². The molecule has 9 heteroatoms. The molecule has 3 rings (SSSR count). The van der Waals surface area contributed by atoms with E-state index in [4.69, 9.17) is 4.74 Å². The van der Waals surface area contributed by atoms with Crippen molar-refractivity contribution in [3.8, 4) is 17.0 Å². The van der Waals surface area contributed by atoms with Gasteiger partial charge in [-0.15, -0.1) is 23.1 Å². The molecule has 6 nitrogen and oxygen atoms in total. The van der Waals surface area contributed by atoms with Crippen LogP contribution in [0.3, 0.4) is 0 Å². The van der Waals surface area contributed by atoms with Crippen molar-refractivity contribution in [1.29, 1.82) is 0 Å². The molecule has 25 heavy (non-hydrogen) atoms. The van der Waals surface area contributed by atoms with Crippen LogP contribution in [0.2, 0.25) is 0 Å². The third kappa shape index (κ3) is 4.96. The molecule has 0 saturated carbocycles. The van der Waals surface area contributed by atoms with E-state index in [1.165, 1.54) is 23.1 Å². The molecule has 0 radical (unpaired) electrons. The summed E-state index contributed by atoms with van der Waals surface area (Å²) in [4.78, 5) is 16.4. The van der Waals surface area contributed by atoms with Crippen molar-refractivity contribution in [2.45, 2.75) is 11.7 Å². The van der Waals surface area contributed by atoms with Crippen LogP contribution in [0.15, 0.2) is 29.6 Å². The highest BCUT2D eigenvalue weighted by Crippen LogP contribution is 2.27. The quantitative estimate of drug-likeness (QED) is 0.805. The van der Waals surface area contributed by atoms with Gasteiger partial charge in [0.15, 0.2) is 15.0 Å². The third-order valence-corrected chi connectivity index (χ3v) is 7.82. The Morgan fingerprint density at radius 1 is 1.40 bits per heavy atom. The maximum Gasteiger partial charge on any atom is 0.236 e. The molecule has 1 aliphatic heterocycles. The Morgan fingerprint density at radius 2 is 2.16 bits per heavy atom. The molecule has 2 aromatic rings. The molecule has 2 heterocycles. The molecule has 0 unspecified atom stereocenters. The van der Waals surface area contributed by atoms with Crippen LogP contribution in [0.5, 0.6) is 5.75 Å². The lowest BCUT2D eigenvalue weighted by Gasteiger charge is -2.06. The highest BCUT2D eigenvalue weighted by molar-refractivity contribution is 8.02. The number of ether oxygens (including phenoxy) is 1. The second-order valence-corrected chi connectivity index (χ2v) is 10.0. The number of rotatable bonds is 6. The number of benzene rings is 1. The first-order valence-corrected chi connectivity index (χ1v) is 11.4. The number of amides is 1. The van der Waals surface area contributed by atoms with Crippen molar-refractivity contribution in [2.24, 2.45) is 0 Å². The minimum atomic E-state index is -2.91. The zero-order valence-electron chi connectivity index (χ0n) is 13.6. The molecule has 0 aliphatic carbocycles. The van der Waals surface area contributed by atoms with Crippen LogP contribution in [0, 0.1) is 0 Å². The molecule has 0 spiro atoms. The highest BCUT2D eigenvalue weighted by atomic mass is 32.2. The van der Waals surface area contributed by atoms with Crippen LogP contribution in [-0.2, 0) is 14.6 Å². The topological polar surface area (TPSA) is 85.4 Å². The number of sulfone groups is 1. The van der Waals surface area contributed by atoms with E-state index in [-0.39, 0.29) is 28.4 Å². The smallest absolute Gasteiger partial charge is 0.236 e. The number of methoxy groups -OCH3 is 1. The summed E-state index contributed by atoms with van der Waals surface area (Å²) in [5.74, 6) is 1.24. The van der Waals surface area contributed by atoms with Gasteiger partial charge in [-0.2, -0.15) is 0 Å². The lowest BCUT2D eigenvalue weighted by Crippen LogP contribution is -2.17. The summed E-state index contributed by atoms with van der Waals surface area (Å²) < 4.78 is 28.0. The van der Waals surface area contributed by atoms with Crippen molar-refractivity contribution >= 4 is 44.0 Å². The van der Waals surface area contributed by atoms with Gasteiger partial charge in [0.1, 0.15) is 5.75 Å². The molecule has 1 amide bonds. The van der Waals surface area contributed by atoms with Gasteiger partial charge in [-0.1, -0.05) is 0 Å². The number of thiazole rings is 1. The molecule has 1 saturated heterocycles. The van der Waals surface area contributed by atoms with Crippen LogP contribution in [0.25, 0.3) is 11.3 Å². The number of carbonyl (C=O) groups excluding carboxylic acids is 1. The number of aromatic nitrogens is 1. The normalized spacial score (nSPS) is 18.8. The molecule has 0 bridgehead atoms. The van der Waals surface area contributed by atoms with Gasteiger partial charge in [0.05, 0.1) is 30.1 Å². The predicted octanol–water partition coefficient (Wildman–Crippen LogP) is 2.68. The van der Waals surface area contributed by atoms with E-state index in [9.17, 15) is 13.2 Å². The average molecular weight is 399 g/mol. The van der Waals surface area contributed by atoms with Crippen LogP contribution in [0.4, 0.5) is 5.13 Å². The fraction of sp³-hybridized carbons (Fsp3) is 0.375. The van der Waals surface area contributed by atoms with Gasteiger partial charge in [0, 0.05) is 16.2 Å². The number of nitrogens with zero attached hydrogens (tertiary/aromatic N) is 1. The molecular weight excluding hydrogens is 380 g/mol. The average Bonchev–Trinajstić information content (AvgIpc) is 3.19. The zero-order chi connectivity index (χ0) is 17.9. The lowest BCUT2D eigenvalue weighted by molar-refractivity contribution is -0.113. The van der Waals surface area contributed by atoms with Crippen LogP contribution in [0.1, 0.15) is 6.42 Å². The van der Waals surface area contributed by atoms with Crippen molar-refractivity contribution in [3.63, 3.8) is 0 Å². The summed E-state index contributed by atoms with van der Waals surface area (Å²) in [6.07, 6.45) is 0.624. The Morgan fingerprint density at radius 3 is 2.80 bits per heavy atom. The fourth-order valence-electron chi connectivity index (χ4n) is 2.47. The summed E-state index contributed by atoms with van der Waals surface area (Å²) in [5.41, 5.74) is 1.74. The Labute approximate surface area is 154 Å². The standard InChI is InChI=1S/C16H18N2O4S3/c1-22-12-4-2-11(3-5-12)14-8-24-16(17-14)18-15(19)9-23-13-6-7-25(20,21)10-13/h2-5,8,13H,6-7,9-10H2,1H3,(H,17,18,19)/t13-/m1/s1. The van der Waals surface area contributed by atoms with Gasteiger partial charge in [0.2, 0.25) is 5.91 Å². The summed E-state index contributed by atoms with van der Waals surface area (Å²) in [7, 11) is -1.29. The van der Waals surface area contributed by atoms with E-state index in [1.807, 2.05) is 29.6 Å². The number of hydrogen-bond acceptors (Lipinski definition) is 7. The summed E-state index contributed by atoms with van der Waals surface area (Å²) in [6.45, 7) is 0. The molecule has 1 N–H and O–H groups in total. The van der Waals surface area contributed by atoms with E-state index >= 15 is 0 Å². The van der Waals surface area contributed by atoms with Crippen molar-refractivity contribution in [2.75, 3.05) is 29.7 Å². The first-order chi connectivity index (χ1) is 11.9. The summed E-state index contributed by atoms with van der Waals surface area (Å²) in [5, 5.41) is 5.21. The van der Waals surface area contributed by atoms with Crippen LogP contribution >= 0.6 is 23.1 Å². The Balaban J connectivity index is 1.53. The van der Waals surface area contributed by atoms with Gasteiger partial charge in [-0.3, -0.25) is 4.79 Å². The van der Waals surface area contributed by atoms with E-state index in [1.54, 1.807) is 7.11 Å². The second-order valence-electron chi connectivity index (χ2n) is 5.65. The first kappa shape index (κ1) is 18.2. The summed E-state index contributed by atoms with van der Waals surface area (Å²) >= 11 is 2.75. The van der Waals surface area contributed by atoms with Crippen LogP contribution < -0.4 is 10.1 Å². The lowest BCUT2D eigenvalue weighted by atomic mass is 10.2. The SMILES string of the molecule is COc1ccc(-c2csc(NC(=O)CS[C@@H]3CCS(=O)(=O)C3)n2)cc1. The Kier molecular flexibility index (Phi) is 5.65. The van der Waals surface area contributed by atoms with E-state index < -0.39 is 9.84 Å². The minimum absolute atomic E-state index is 0.0157. The maximum atomic E-state index is 12.0. The van der Waals surface area contributed by atoms with E-state index in [0.29, 0.717) is 11.6 Å². The largest absolute Gasteiger partial charge is 0.497 e. The minimum Gasteiger partial charge on any atom is -0.497 e. The van der Waals surface area contributed by atoms with Gasteiger partial charge < -0.3 is 10.1 Å². The first-order valence-electron chi connectivity index (χ1n) is 7.67. The van der Waals surface area contributed by atoms with Crippen molar-refractivity contribution in [1.82, 2.24) is 4.98 Å². The monoisotopic (exact) mass is 398 g/mol. The number of nitrogens with one attached hydrogen (secondary N) is 1. The predicted molar refractivity (Wildman–Crippen MR) is 102 cm³/mol. The van der Waals surface area contributed by atoms with E-state index in [0.717, 1.165) is 17.0 Å². The van der Waals surface area contributed by atoms with Gasteiger partial charge in [-0.05, 0) is 30.7 Å². The zero-order valence-corrected chi connectivity index (χ0v) is 16.0. The Bertz CT molecular complexity index is 847. The molecule has 1 aliphatic rings. The third-order valence-electron chi connectivity index (χ3n) is 3.78. The van der Waals surface area contributed by atoms with Gasteiger partial charge in [0.25, 0.3) is 0 Å².